The number of fused-ring (bicyclic) bond motifs is 4. The quantitative estimate of drug-likeness (QED) is 0.154. The van der Waals surface area contributed by atoms with Crippen LogP contribution in [0.3, 0.4) is 0 Å². The molecule has 0 saturated heterocycles. The van der Waals surface area contributed by atoms with Gasteiger partial charge in [-0.25, -0.2) is 4.98 Å². The minimum Gasteiger partial charge on any atom is -0.436 e. The highest BCUT2D eigenvalue weighted by molar-refractivity contribution is 7.25. The monoisotopic (exact) mass is 772 g/mol. The van der Waals surface area contributed by atoms with E-state index >= 15 is 0 Å². The molecule has 0 saturated carbocycles. The van der Waals surface area contributed by atoms with Crippen LogP contribution < -0.4 is 4.90 Å². The molecule has 0 bridgehead atoms. The lowest BCUT2D eigenvalue weighted by molar-refractivity contribution is 0.620. The molecule has 2 aromatic heterocycles. The highest BCUT2D eigenvalue weighted by Crippen LogP contribution is 2.43. The fourth-order valence-electron chi connectivity index (χ4n) is 8.05. The Labute approximate surface area is 346 Å². The first-order valence-corrected chi connectivity index (χ1v) is 20.7. The van der Waals surface area contributed by atoms with E-state index < -0.39 is 0 Å². The summed E-state index contributed by atoms with van der Waals surface area (Å²) in [6, 6.07) is 77.7. The third-order valence-corrected chi connectivity index (χ3v) is 12.3. The van der Waals surface area contributed by atoms with Crippen molar-refractivity contribution in [2.45, 2.75) is 0 Å². The van der Waals surface area contributed by atoms with Gasteiger partial charge in [0, 0.05) is 48.9 Å². The van der Waals surface area contributed by atoms with E-state index in [9.17, 15) is 0 Å². The summed E-state index contributed by atoms with van der Waals surface area (Å²) in [5, 5.41) is 2.37. The Bertz CT molecular complexity index is 3210. The van der Waals surface area contributed by atoms with Gasteiger partial charge >= 0.3 is 0 Å². The molecule has 9 aromatic carbocycles. The van der Waals surface area contributed by atoms with Gasteiger partial charge in [-0.05, 0) is 105 Å². The fourth-order valence-corrected chi connectivity index (χ4v) is 9.15. The van der Waals surface area contributed by atoms with Crippen molar-refractivity contribution in [3.8, 4) is 56.0 Å². The van der Waals surface area contributed by atoms with Crippen molar-refractivity contribution in [1.82, 2.24) is 4.98 Å². The van der Waals surface area contributed by atoms with E-state index in [4.69, 9.17) is 9.40 Å². The van der Waals surface area contributed by atoms with Crippen molar-refractivity contribution < 1.29 is 4.42 Å². The van der Waals surface area contributed by atoms with Gasteiger partial charge in [-0.3, -0.25) is 0 Å². The average molecular weight is 773 g/mol. The van der Waals surface area contributed by atoms with Crippen LogP contribution in [0.15, 0.2) is 223 Å². The van der Waals surface area contributed by atoms with Crippen LogP contribution in [0.2, 0.25) is 0 Å². The van der Waals surface area contributed by atoms with Gasteiger partial charge in [0.05, 0.1) is 0 Å². The van der Waals surface area contributed by atoms with E-state index in [1.165, 1.54) is 64.7 Å². The van der Waals surface area contributed by atoms with Gasteiger partial charge in [-0.2, -0.15) is 0 Å². The van der Waals surface area contributed by atoms with Gasteiger partial charge in [0.15, 0.2) is 5.58 Å². The molecular formula is C55H36N2OS. The summed E-state index contributed by atoms with van der Waals surface area (Å²) in [6.07, 6.45) is 0. The number of aromatic nitrogens is 1. The average Bonchev–Trinajstić information content (AvgIpc) is 3.90. The van der Waals surface area contributed by atoms with Crippen LogP contribution in [0.25, 0.3) is 87.2 Å². The van der Waals surface area contributed by atoms with E-state index in [1.807, 2.05) is 6.07 Å². The first-order chi connectivity index (χ1) is 29.2. The number of hydrogen-bond donors (Lipinski definition) is 0. The Kier molecular flexibility index (Phi) is 8.68. The third-order valence-electron chi connectivity index (χ3n) is 11.1. The zero-order valence-electron chi connectivity index (χ0n) is 32.0. The van der Waals surface area contributed by atoms with Crippen molar-refractivity contribution in [3.05, 3.63) is 218 Å². The van der Waals surface area contributed by atoms with Crippen LogP contribution in [0, 0.1) is 0 Å². The molecule has 0 N–H and O–H groups in total. The standard InChI is InChI=1S/C55H36N2OS/c1-4-10-37(11-5-1)40-16-18-42(19-17-40)44-26-30-47(31-27-44)57(46-28-24-43(25-29-46)39-14-8-3-9-15-39)48-32-33-53-49(34-48)50-35-51-52(36-54(50)59-53)58-55(56-51)45-22-20-41(21-23-45)38-12-6-2-7-13-38/h1-36H. The number of benzene rings is 9. The first-order valence-electron chi connectivity index (χ1n) is 19.8. The molecule has 0 fully saturated rings. The molecule has 0 aliphatic rings. The summed E-state index contributed by atoms with van der Waals surface area (Å²) in [5.41, 5.74) is 15.4. The van der Waals surface area contributed by atoms with Gasteiger partial charge in [-0.15, -0.1) is 11.3 Å². The predicted molar refractivity (Wildman–Crippen MR) is 249 cm³/mol. The Morgan fingerprint density at radius 3 is 1.20 bits per heavy atom. The van der Waals surface area contributed by atoms with Gasteiger partial charge in [0.2, 0.25) is 5.89 Å². The lowest BCUT2D eigenvalue weighted by Crippen LogP contribution is -2.09. The summed E-state index contributed by atoms with van der Waals surface area (Å²) in [7, 11) is 0. The molecule has 4 heteroatoms. The lowest BCUT2D eigenvalue weighted by Gasteiger charge is -2.26. The molecule has 2 heterocycles. The molecule has 0 spiro atoms. The van der Waals surface area contributed by atoms with E-state index in [1.54, 1.807) is 11.3 Å². The Morgan fingerprint density at radius 2 is 0.729 bits per heavy atom. The van der Waals surface area contributed by atoms with E-state index in [2.05, 4.69) is 217 Å². The van der Waals surface area contributed by atoms with Gasteiger partial charge in [0.1, 0.15) is 5.52 Å². The lowest BCUT2D eigenvalue weighted by atomic mass is 10.00. The Hall–Kier alpha value is -7.53. The zero-order valence-corrected chi connectivity index (χ0v) is 32.8. The maximum atomic E-state index is 6.38. The maximum absolute atomic E-state index is 6.38. The van der Waals surface area contributed by atoms with Crippen molar-refractivity contribution >= 4 is 59.7 Å². The molecule has 11 aromatic rings. The first kappa shape index (κ1) is 34.7. The normalized spacial score (nSPS) is 11.4. The van der Waals surface area contributed by atoms with Crippen LogP contribution in [0.5, 0.6) is 0 Å². The molecule has 278 valence electrons. The molecule has 0 unspecified atom stereocenters. The van der Waals surface area contributed by atoms with Crippen LogP contribution in [0.4, 0.5) is 17.1 Å². The topological polar surface area (TPSA) is 29.3 Å². The molecule has 0 amide bonds. The van der Waals surface area contributed by atoms with Crippen molar-refractivity contribution in [2.24, 2.45) is 0 Å². The van der Waals surface area contributed by atoms with Crippen LogP contribution in [-0.4, -0.2) is 4.98 Å². The molecule has 0 atom stereocenters. The number of hydrogen-bond acceptors (Lipinski definition) is 4. The number of nitrogens with zero attached hydrogens (tertiary/aromatic N) is 2. The second-order valence-corrected chi connectivity index (χ2v) is 15.9. The molecule has 11 rings (SSSR count). The number of anilines is 3. The van der Waals surface area contributed by atoms with Crippen molar-refractivity contribution in [2.75, 3.05) is 4.90 Å². The summed E-state index contributed by atoms with van der Waals surface area (Å²) in [4.78, 5) is 7.34. The second-order valence-electron chi connectivity index (χ2n) is 14.8. The smallest absolute Gasteiger partial charge is 0.227 e. The molecule has 3 nitrogen and oxygen atoms in total. The molecule has 0 aliphatic carbocycles. The van der Waals surface area contributed by atoms with Crippen LogP contribution in [0.1, 0.15) is 0 Å². The summed E-state index contributed by atoms with van der Waals surface area (Å²) >= 11 is 1.79. The zero-order chi connectivity index (χ0) is 39.1. The van der Waals surface area contributed by atoms with Gasteiger partial charge in [0.25, 0.3) is 0 Å². The highest BCUT2D eigenvalue weighted by Gasteiger charge is 2.18. The fraction of sp³-hybridized carbons (Fsp3) is 0. The number of rotatable bonds is 8. The van der Waals surface area contributed by atoms with Gasteiger partial charge < -0.3 is 9.32 Å². The molecule has 59 heavy (non-hydrogen) atoms. The van der Waals surface area contributed by atoms with E-state index in [0.29, 0.717) is 5.89 Å². The summed E-state index contributed by atoms with van der Waals surface area (Å²) in [6.45, 7) is 0. The van der Waals surface area contributed by atoms with Crippen molar-refractivity contribution in [3.63, 3.8) is 0 Å². The molecular weight excluding hydrogens is 737 g/mol. The number of thiophene rings is 1. The largest absolute Gasteiger partial charge is 0.436 e. The Balaban J connectivity index is 0.960. The summed E-state index contributed by atoms with van der Waals surface area (Å²) in [5.74, 6) is 0.628. The highest BCUT2D eigenvalue weighted by atomic mass is 32.1. The van der Waals surface area contributed by atoms with Crippen LogP contribution >= 0.6 is 11.3 Å². The SMILES string of the molecule is c1ccc(-c2ccc(-c3ccc(N(c4ccc(-c5ccccc5)cc4)c4ccc5sc6cc7oc(-c8ccc(-c9ccccc9)cc8)nc7cc6c5c4)cc3)cc2)cc1. The minimum atomic E-state index is 0.628. The molecule has 0 aliphatic heterocycles. The van der Waals surface area contributed by atoms with Gasteiger partial charge in [-0.1, -0.05) is 152 Å². The van der Waals surface area contributed by atoms with Crippen LogP contribution in [-0.2, 0) is 0 Å². The van der Waals surface area contributed by atoms with Crippen molar-refractivity contribution in [1.29, 1.82) is 0 Å². The predicted octanol–water partition coefficient (Wildman–Crippen LogP) is 16.0. The molecule has 0 radical (unpaired) electrons. The number of oxazole rings is 1. The third kappa shape index (κ3) is 6.66. The minimum absolute atomic E-state index is 0.628. The Morgan fingerprint density at radius 1 is 0.339 bits per heavy atom. The maximum Gasteiger partial charge on any atom is 0.227 e. The summed E-state index contributed by atoms with van der Waals surface area (Å²) < 4.78 is 8.78. The van der Waals surface area contributed by atoms with E-state index in [0.717, 1.165) is 33.7 Å². The van der Waals surface area contributed by atoms with E-state index in [-0.39, 0.29) is 0 Å². The second kappa shape index (κ2) is 14.8.